The lowest BCUT2D eigenvalue weighted by molar-refractivity contribution is 0.468. The molecule has 0 spiro atoms. The average molecular weight is 407 g/mol. The first kappa shape index (κ1) is 14.5. The van der Waals surface area contributed by atoms with Crippen LogP contribution in [0.2, 0.25) is 5.02 Å². The largest absolute Gasteiger partial charge is 0.506 e. The molecular weight excluding hydrogens is 397 g/mol. The van der Waals surface area contributed by atoms with E-state index in [4.69, 9.17) is 11.6 Å². The summed E-state index contributed by atoms with van der Waals surface area (Å²) in [6.45, 7) is 0.568. The highest BCUT2D eigenvalue weighted by atomic mass is 79.9. The van der Waals surface area contributed by atoms with Crippen molar-refractivity contribution in [2.45, 2.75) is 6.54 Å². The topological polar surface area (TPSA) is 52.5 Å². The van der Waals surface area contributed by atoms with Gasteiger partial charge in [0.05, 0.1) is 14.0 Å². The van der Waals surface area contributed by atoms with Crippen LogP contribution in [0.25, 0.3) is 0 Å². The quantitative estimate of drug-likeness (QED) is 0.635. The third-order valence-electron chi connectivity index (χ3n) is 2.52. The van der Waals surface area contributed by atoms with Crippen molar-refractivity contribution < 1.29 is 10.2 Å². The second-order valence-electron chi connectivity index (χ2n) is 3.93. The molecule has 2 rings (SSSR count). The SMILES string of the molecule is Oc1ccc(NCc2cc(Br)c(O)c(Br)c2)cc1Cl. The molecule has 0 atom stereocenters. The summed E-state index contributed by atoms with van der Waals surface area (Å²) in [5.41, 5.74) is 1.80. The minimum Gasteiger partial charge on any atom is -0.506 e. The van der Waals surface area contributed by atoms with Crippen LogP contribution >= 0.6 is 43.5 Å². The van der Waals surface area contributed by atoms with Crippen LogP contribution in [-0.2, 0) is 6.54 Å². The zero-order valence-electron chi connectivity index (χ0n) is 9.62. The first-order valence-electron chi connectivity index (χ1n) is 5.36. The number of anilines is 1. The van der Waals surface area contributed by atoms with Crippen molar-refractivity contribution in [3.05, 3.63) is 49.9 Å². The molecule has 2 aromatic carbocycles. The van der Waals surface area contributed by atoms with Gasteiger partial charge in [0.15, 0.2) is 0 Å². The third-order valence-corrected chi connectivity index (χ3v) is 4.03. The number of phenolic OH excluding ortho intramolecular Hbond substituents is 2. The van der Waals surface area contributed by atoms with Gasteiger partial charge in [0.25, 0.3) is 0 Å². The van der Waals surface area contributed by atoms with Crippen molar-refractivity contribution in [3.8, 4) is 11.5 Å². The van der Waals surface area contributed by atoms with E-state index in [1.165, 1.54) is 6.07 Å². The highest BCUT2D eigenvalue weighted by Crippen LogP contribution is 2.33. The number of rotatable bonds is 3. The van der Waals surface area contributed by atoms with Gasteiger partial charge in [-0.25, -0.2) is 0 Å². The minimum atomic E-state index is 0.0577. The number of phenols is 2. The maximum Gasteiger partial charge on any atom is 0.143 e. The van der Waals surface area contributed by atoms with Crippen LogP contribution in [0, 0.1) is 0 Å². The van der Waals surface area contributed by atoms with E-state index in [1.54, 1.807) is 12.1 Å². The molecule has 3 nitrogen and oxygen atoms in total. The third kappa shape index (κ3) is 3.55. The van der Waals surface area contributed by atoms with Crippen LogP contribution in [0.5, 0.6) is 11.5 Å². The molecule has 6 heteroatoms. The Bertz CT molecular complexity index is 597. The molecule has 0 aromatic heterocycles. The Hall–Kier alpha value is -0.910. The lowest BCUT2D eigenvalue weighted by Crippen LogP contribution is -1.99. The van der Waals surface area contributed by atoms with E-state index < -0.39 is 0 Å². The van der Waals surface area contributed by atoms with E-state index >= 15 is 0 Å². The fourth-order valence-corrected chi connectivity index (χ4v) is 3.00. The Labute approximate surface area is 132 Å². The van der Waals surface area contributed by atoms with Crippen LogP contribution in [0.15, 0.2) is 39.3 Å². The fraction of sp³-hybridized carbons (Fsp3) is 0.0769. The molecule has 0 aliphatic rings. The first-order valence-corrected chi connectivity index (χ1v) is 7.33. The summed E-state index contributed by atoms with van der Waals surface area (Å²) in [5, 5.41) is 22.4. The van der Waals surface area contributed by atoms with Crippen molar-refractivity contribution in [1.82, 2.24) is 0 Å². The first-order chi connectivity index (χ1) is 8.97. The Morgan fingerprint density at radius 1 is 1.05 bits per heavy atom. The molecular formula is C13H10Br2ClNO2. The zero-order valence-corrected chi connectivity index (χ0v) is 13.6. The van der Waals surface area contributed by atoms with Gasteiger partial charge in [-0.1, -0.05) is 11.6 Å². The van der Waals surface area contributed by atoms with Gasteiger partial charge in [-0.15, -0.1) is 0 Å². The normalized spacial score (nSPS) is 10.5. The number of hydrogen-bond acceptors (Lipinski definition) is 3. The van der Waals surface area contributed by atoms with Gasteiger partial charge in [-0.2, -0.15) is 0 Å². The van der Waals surface area contributed by atoms with Crippen LogP contribution < -0.4 is 5.32 Å². The van der Waals surface area contributed by atoms with Gasteiger partial charge < -0.3 is 15.5 Å². The van der Waals surface area contributed by atoms with Crippen LogP contribution in [0.3, 0.4) is 0 Å². The number of aromatic hydroxyl groups is 2. The number of nitrogens with one attached hydrogen (secondary N) is 1. The maximum absolute atomic E-state index is 9.62. The molecule has 19 heavy (non-hydrogen) atoms. The second-order valence-corrected chi connectivity index (χ2v) is 6.04. The molecule has 100 valence electrons. The molecule has 0 unspecified atom stereocenters. The molecule has 0 heterocycles. The number of hydrogen-bond donors (Lipinski definition) is 3. The van der Waals surface area contributed by atoms with Gasteiger partial charge in [0.2, 0.25) is 0 Å². The van der Waals surface area contributed by atoms with E-state index in [2.05, 4.69) is 37.2 Å². The summed E-state index contributed by atoms with van der Waals surface area (Å²) < 4.78 is 1.25. The van der Waals surface area contributed by atoms with Crippen molar-refractivity contribution in [2.24, 2.45) is 0 Å². The summed E-state index contributed by atoms with van der Waals surface area (Å²) in [6.07, 6.45) is 0. The Morgan fingerprint density at radius 3 is 2.26 bits per heavy atom. The second kappa shape index (κ2) is 6.03. The molecule has 0 aliphatic carbocycles. The van der Waals surface area contributed by atoms with E-state index in [9.17, 15) is 10.2 Å². The molecule has 3 N–H and O–H groups in total. The Balaban J connectivity index is 2.12. The Kier molecular flexibility index (Phi) is 4.60. The summed E-state index contributed by atoms with van der Waals surface area (Å²) in [4.78, 5) is 0. The van der Waals surface area contributed by atoms with E-state index in [-0.39, 0.29) is 11.5 Å². The maximum atomic E-state index is 9.62. The smallest absolute Gasteiger partial charge is 0.143 e. The molecule has 0 fully saturated rings. The van der Waals surface area contributed by atoms with Crippen molar-refractivity contribution in [3.63, 3.8) is 0 Å². The highest BCUT2D eigenvalue weighted by Gasteiger charge is 2.06. The highest BCUT2D eigenvalue weighted by molar-refractivity contribution is 9.11. The van der Waals surface area contributed by atoms with Crippen LogP contribution in [0.1, 0.15) is 5.56 Å². The van der Waals surface area contributed by atoms with E-state index in [1.807, 2.05) is 12.1 Å². The summed E-state index contributed by atoms with van der Waals surface area (Å²) >= 11 is 12.4. The average Bonchev–Trinajstić information content (AvgIpc) is 2.37. The van der Waals surface area contributed by atoms with Crippen LogP contribution in [-0.4, -0.2) is 10.2 Å². The standard InChI is InChI=1S/C13H10Br2ClNO2/c14-9-3-7(4-10(15)13(9)19)6-17-8-1-2-12(18)11(16)5-8/h1-5,17-19H,6H2. The number of benzene rings is 2. The molecule has 0 aliphatic heterocycles. The fourth-order valence-electron chi connectivity index (χ4n) is 1.54. The van der Waals surface area contributed by atoms with Crippen molar-refractivity contribution in [2.75, 3.05) is 5.32 Å². The lowest BCUT2D eigenvalue weighted by Gasteiger charge is -2.09. The molecule has 0 bridgehead atoms. The van der Waals surface area contributed by atoms with Gasteiger partial charge in [0.1, 0.15) is 11.5 Å². The van der Waals surface area contributed by atoms with Gasteiger partial charge in [-0.05, 0) is 67.8 Å². The predicted molar refractivity (Wildman–Crippen MR) is 84.0 cm³/mol. The minimum absolute atomic E-state index is 0.0577. The van der Waals surface area contributed by atoms with Crippen molar-refractivity contribution >= 4 is 49.1 Å². The monoisotopic (exact) mass is 405 g/mol. The van der Waals surface area contributed by atoms with Gasteiger partial charge in [0, 0.05) is 12.2 Å². The molecule has 0 saturated heterocycles. The molecule has 0 radical (unpaired) electrons. The van der Waals surface area contributed by atoms with Gasteiger partial charge >= 0.3 is 0 Å². The number of halogens is 3. The zero-order chi connectivity index (χ0) is 14.0. The van der Waals surface area contributed by atoms with Crippen molar-refractivity contribution in [1.29, 1.82) is 0 Å². The molecule has 0 amide bonds. The van der Waals surface area contributed by atoms with Crippen LogP contribution in [0.4, 0.5) is 5.69 Å². The molecule has 2 aromatic rings. The van der Waals surface area contributed by atoms with E-state index in [0.717, 1.165) is 11.3 Å². The Morgan fingerprint density at radius 2 is 1.68 bits per heavy atom. The summed E-state index contributed by atoms with van der Waals surface area (Å²) in [7, 11) is 0. The summed E-state index contributed by atoms with van der Waals surface area (Å²) in [5.74, 6) is 0.235. The van der Waals surface area contributed by atoms with E-state index in [0.29, 0.717) is 20.5 Å². The lowest BCUT2D eigenvalue weighted by atomic mass is 10.2. The molecule has 0 saturated carbocycles. The predicted octanol–water partition coefficient (Wildman–Crippen LogP) is 4.89. The van der Waals surface area contributed by atoms with Gasteiger partial charge in [-0.3, -0.25) is 0 Å². The summed E-state index contributed by atoms with van der Waals surface area (Å²) in [6, 6.07) is 8.59.